The highest BCUT2D eigenvalue weighted by atomic mass is 79.9. The van der Waals surface area contributed by atoms with Gasteiger partial charge in [0.2, 0.25) is 0 Å². The SMILES string of the molecule is CCn1c(CC(=O)O)c(C)c2cc(N(Cc3ccccc3C#N)C(=O)c3ccc(Br)cc3)ccc21. The minimum absolute atomic E-state index is 0.0687. The molecular weight excluding hydrogens is 506 g/mol. The van der Waals surface area contributed by atoms with Gasteiger partial charge in [-0.1, -0.05) is 34.1 Å². The zero-order valence-corrected chi connectivity index (χ0v) is 21.0. The lowest BCUT2D eigenvalue weighted by atomic mass is 10.1. The van der Waals surface area contributed by atoms with E-state index in [0.29, 0.717) is 23.4 Å². The van der Waals surface area contributed by atoms with Crippen LogP contribution in [0, 0.1) is 18.3 Å². The molecule has 35 heavy (non-hydrogen) atoms. The van der Waals surface area contributed by atoms with Crippen LogP contribution in [0.5, 0.6) is 0 Å². The number of aliphatic carboxylic acids is 1. The lowest BCUT2D eigenvalue weighted by molar-refractivity contribution is -0.136. The molecule has 0 unspecified atom stereocenters. The van der Waals surface area contributed by atoms with Crippen LogP contribution < -0.4 is 4.90 Å². The number of fused-ring (bicyclic) bond motifs is 1. The smallest absolute Gasteiger partial charge is 0.309 e. The first-order valence-corrected chi connectivity index (χ1v) is 12.0. The molecule has 0 saturated heterocycles. The third-order valence-electron chi connectivity index (χ3n) is 6.18. The second kappa shape index (κ2) is 10.2. The summed E-state index contributed by atoms with van der Waals surface area (Å²) in [6, 6.07) is 22.4. The number of carboxylic acids is 1. The van der Waals surface area contributed by atoms with E-state index in [1.807, 2.05) is 60.9 Å². The molecule has 176 valence electrons. The van der Waals surface area contributed by atoms with Gasteiger partial charge in [0.25, 0.3) is 5.91 Å². The molecule has 0 aliphatic carbocycles. The number of rotatable bonds is 7. The summed E-state index contributed by atoms with van der Waals surface area (Å²) >= 11 is 3.41. The molecule has 0 bridgehead atoms. The first kappa shape index (κ1) is 24.2. The minimum atomic E-state index is -0.883. The van der Waals surface area contributed by atoms with E-state index < -0.39 is 5.97 Å². The predicted octanol–water partition coefficient (Wildman–Crippen LogP) is 6.08. The van der Waals surface area contributed by atoms with Gasteiger partial charge in [0.05, 0.1) is 24.6 Å². The fourth-order valence-corrected chi connectivity index (χ4v) is 4.69. The summed E-state index contributed by atoms with van der Waals surface area (Å²) in [5, 5.41) is 19.9. The fraction of sp³-hybridized carbons (Fsp3) is 0.179. The van der Waals surface area contributed by atoms with Crippen LogP contribution in [-0.4, -0.2) is 21.6 Å². The van der Waals surface area contributed by atoms with Crippen LogP contribution in [0.25, 0.3) is 10.9 Å². The largest absolute Gasteiger partial charge is 0.481 e. The highest BCUT2D eigenvalue weighted by Crippen LogP contribution is 2.32. The number of benzene rings is 3. The van der Waals surface area contributed by atoms with Crippen molar-refractivity contribution in [1.82, 2.24) is 4.57 Å². The number of aryl methyl sites for hydroxylation is 2. The number of carbonyl (C=O) groups is 2. The molecular formula is C28H24BrN3O3. The zero-order valence-electron chi connectivity index (χ0n) is 19.5. The Morgan fingerprint density at radius 3 is 2.46 bits per heavy atom. The van der Waals surface area contributed by atoms with Crippen molar-refractivity contribution in [2.45, 2.75) is 33.4 Å². The minimum Gasteiger partial charge on any atom is -0.481 e. The van der Waals surface area contributed by atoms with E-state index in [2.05, 4.69) is 22.0 Å². The number of hydrogen-bond donors (Lipinski definition) is 1. The Morgan fingerprint density at radius 2 is 1.80 bits per heavy atom. The average Bonchev–Trinajstić information content (AvgIpc) is 3.12. The standard InChI is InChI=1S/C28H24BrN3O3/c1-3-31-25-13-12-23(14-24(25)18(2)26(31)15-27(33)34)32(17-21-7-5-4-6-20(21)16-30)28(35)19-8-10-22(29)11-9-19/h4-14H,3,15,17H2,1-2H3,(H,33,34). The average molecular weight is 530 g/mol. The first-order valence-electron chi connectivity index (χ1n) is 11.2. The number of amides is 1. The van der Waals surface area contributed by atoms with Crippen LogP contribution in [0.4, 0.5) is 5.69 Å². The number of anilines is 1. The van der Waals surface area contributed by atoms with E-state index in [0.717, 1.165) is 32.2 Å². The van der Waals surface area contributed by atoms with Gasteiger partial charge in [-0.2, -0.15) is 5.26 Å². The molecule has 6 nitrogen and oxygen atoms in total. The van der Waals surface area contributed by atoms with Crippen molar-refractivity contribution in [3.8, 4) is 6.07 Å². The van der Waals surface area contributed by atoms with Gasteiger partial charge in [0.1, 0.15) is 0 Å². The topological polar surface area (TPSA) is 86.3 Å². The normalized spacial score (nSPS) is 10.8. The van der Waals surface area contributed by atoms with Crippen molar-refractivity contribution < 1.29 is 14.7 Å². The fourth-order valence-electron chi connectivity index (χ4n) is 4.43. The summed E-state index contributed by atoms with van der Waals surface area (Å²) < 4.78 is 2.88. The van der Waals surface area contributed by atoms with Crippen LogP contribution in [0.3, 0.4) is 0 Å². The third kappa shape index (κ3) is 4.84. The van der Waals surface area contributed by atoms with Gasteiger partial charge in [-0.3, -0.25) is 9.59 Å². The molecule has 1 N–H and O–H groups in total. The Balaban J connectivity index is 1.86. The van der Waals surface area contributed by atoms with Gasteiger partial charge in [-0.25, -0.2) is 0 Å². The summed E-state index contributed by atoms with van der Waals surface area (Å²) in [6.45, 7) is 4.77. The highest BCUT2D eigenvalue weighted by Gasteiger charge is 2.22. The van der Waals surface area contributed by atoms with Gasteiger partial charge >= 0.3 is 5.97 Å². The van der Waals surface area contributed by atoms with Crippen LogP contribution in [-0.2, 0) is 24.3 Å². The molecule has 0 saturated carbocycles. The Kier molecular flexibility index (Phi) is 7.04. The van der Waals surface area contributed by atoms with Crippen LogP contribution in [0.15, 0.2) is 71.2 Å². The van der Waals surface area contributed by atoms with Crippen LogP contribution >= 0.6 is 15.9 Å². The lowest BCUT2D eigenvalue weighted by Crippen LogP contribution is -2.30. The van der Waals surface area contributed by atoms with Crippen molar-refractivity contribution in [3.05, 3.63) is 99.2 Å². The van der Waals surface area contributed by atoms with E-state index >= 15 is 0 Å². The summed E-state index contributed by atoms with van der Waals surface area (Å²) in [5.74, 6) is -1.08. The lowest BCUT2D eigenvalue weighted by Gasteiger charge is -2.24. The molecule has 4 aromatic rings. The molecule has 4 rings (SSSR count). The number of nitriles is 1. The summed E-state index contributed by atoms with van der Waals surface area (Å²) in [5.41, 5.74) is 5.04. The predicted molar refractivity (Wildman–Crippen MR) is 140 cm³/mol. The van der Waals surface area contributed by atoms with Crippen molar-refractivity contribution in [3.63, 3.8) is 0 Å². The molecule has 3 aromatic carbocycles. The maximum Gasteiger partial charge on any atom is 0.309 e. The Bertz CT molecular complexity index is 1470. The van der Waals surface area contributed by atoms with E-state index in [1.54, 1.807) is 29.2 Å². The van der Waals surface area contributed by atoms with E-state index in [1.165, 1.54) is 0 Å². The second-order valence-corrected chi connectivity index (χ2v) is 9.17. The van der Waals surface area contributed by atoms with Gasteiger partial charge in [-0.15, -0.1) is 0 Å². The van der Waals surface area contributed by atoms with Crippen LogP contribution in [0.2, 0.25) is 0 Å². The van der Waals surface area contributed by atoms with Gasteiger partial charge in [0, 0.05) is 38.9 Å². The van der Waals surface area contributed by atoms with E-state index in [-0.39, 0.29) is 18.9 Å². The van der Waals surface area contributed by atoms with E-state index in [4.69, 9.17) is 0 Å². The second-order valence-electron chi connectivity index (χ2n) is 8.26. The Labute approximate surface area is 212 Å². The monoisotopic (exact) mass is 529 g/mol. The molecule has 1 amide bonds. The zero-order chi connectivity index (χ0) is 25.1. The molecule has 0 aliphatic rings. The highest BCUT2D eigenvalue weighted by molar-refractivity contribution is 9.10. The molecule has 0 aliphatic heterocycles. The Morgan fingerprint density at radius 1 is 1.09 bits per heavy atom. The third-order valence-corrected chi connectivity index (χ3v) is 6.71. The van der Waals surface area contributed by atoms with E-state index in [9.17, 15) is 20.0 Å². The Hall–Kier alpha value is -3.89. The van der Waals surface area contributed by atoms with Gasteiger partial charge in [-0.05, 0) is 73.5 Å². The van der Waals surface area contributed by atoms with Crippen LogP contribution in [0.1, 0.15) is 39.7 Å². The number of carboxylic acid groups (broad SMARTS) is 1. The van der Waals surface area contributed by atoms with Crippen molar-refractivity contribution in [2.24, 2.45) is 0 Å². The number of aromatic nitrogens is 1. The van der Waals surface area contributed by atoms with Crippen molar-refractivity contribution in [1.29, 1.82) is 5.26 Å². The molecule has 7 heteroatoms. The number of nitrogens with zero attached hydrogens (tertiary/aromatic N) is 3. The molecule has 0 radical (unpaired) electrons. The molecule has 0 fully saturated rings. The first-order chi connectivity index (χ1) is 16.8. The van der Waals surface area contributed by atoms with Gasteiger partial charge in [0.15, 0.2) is 0 Å². The molecule has 0 spiro atoms. The molecule has 0 atom stereocenters. The number of carbonyl (C=O) groups excluding carboxylic acids is 1. The number of halogens is 1. The van der Waals surface area contributed by atoms with Crippen molar-refractivity contribution in [2.75, 3.05) is 4.90 Å². The van der Waals surface area contributed by atoms with Gasteiger partial charge < -0.3 is 14.6 Å². The summed E-state index contributed by atoms with van der Waals surface area (Å²) in [7, 11) is 0. The summed E-state index contributed by atoms with van der Waals surface area (Å²) in [6.07, 6.45) is -0.0687. The maximum atomic E-state index is 13.7. The van der Waals surface area contributed by atoms with Crippen molar-refractivity contribution >= 4 is 44.4 Å². The number of hydrogen-bond acceptors (Lipinski definition) is 3. The quantitative estimate of drug-likeness (QED) is 0.314. The summed E-state index contributed by atoms with van der Waals surface area (Å²) in [4.78, 5) is 26.8. The molecule has 1 aromatic heterocycles. The molecule has 1 heterocycles. The maximum absolute atomic E-state index is 13.7.